The number of thioether (sulfide) groups is 1. The van der Waals surface area contributed by atoms with E-state index in [0.29, 0.717) is 36.9 Å². The van der Waals surface area contributed by atoms with Crippen LogP contribution in [-0.4, -0.2) is 67.7 Å². The largest absolute Gasteiger partial charge is 0.391 e. The van der Waals surface area contributed by atoms with E-state index >= 15 is 0 Å². The van der Waals surface area contributed by atoms with Crippen molar-refractivity contribution < 1.29 is 14.7 Å². The Morgan fingerprint density at radius 2 is 1.76 bits per heavy atom. The van der Waals surface area contributed by atoms with Crippen LogP contribution < -0.4 is 5.32 Å². The van der Waals surface area contributed by atoms with Gasteiger partial charge in [0.2, 0.25) is 5.91 Å². The smallest absolute Gasteiger partial charge is 0.237 e. The molecule has 8 heteroatoms. The molecule has 5 rings (SSSR count). The topological polar surface area (TPSA) is 95.4 Å². The molecule has 0 spiro atoms. The first-order valence-corrected chi connectivity index (χ1v) is 16.9. The molecule has 236 valence electrons. The SMILES string of the molecule is CC(C)(C)NC(=O)[C@@H]1C[C@H](SCc2cccnc2)CCN1C[C@@H](O)[C@@H](CC(=O)c1ccc2ccccc2n1)Cc1ccccc1. The lowest BCUT2D eigenvalue weighted by molar-refractivity contribution is -0.129. The molecule has 1 amide bonds. The lowest BCUT2D eigenvalue weighted by Crippen LogP contribution is -2.57. The summed E-state index contributed by atoms with van der Waals surface area (Å²) in [5.74, 6) is 0.404. The minimum absolute atomic E-state index is 0.0163. The fourth-order valence-corrected chi connectivity index (χ4v) is 7.18. The summed E-state index contributed by atoms with van der Waals surface area (Å²) < 4.78 is 0. The zero-order valence-corrected chi connectivity index (χ0v) is 27.2. The first-order chi connectivity index (χ1) is 21.6. The molecule has 2 N–H and O–H groups in total. The van der Waals surface area contributed by atoms with Gasteiger partial charge in [-0.3, -0.25) is 19.5 Å². The fraction of sp³-hybridized carbons (Fsp3) is 0.405. The molecule has 7 nitrogen and oxygen atoms in total. The van der Waals surface area contributed by atoms with Crippen LogP contribution in [0.5, 0.6) is 0 Å². The van der Waals surface area contributed by atoms with E-state index < -0.39 is 6.10 Å². The van der Waals surface area contributed by atoms with Crippen molar-refractivity contribution >= 4 is 34.4 Å². The number of benzene rings is 2. The molecule has 2 aromatic carbocycles. The highest BCUT2D eigenvalue weighted by atomic mass is 32.2. The summed E-state index contributed by atoms with van der Waals surface area (Å²) in [5, 5.41) is 16.3. The number of β-amino-alcohol motifs (C(OH)–C–C–N with tert-alkyl or cyclic N) is 1. The van der Waals surface area contributed by atoms with Crippen molar-refractivity contribution in [1.82, 2.24) is 20.2 Å². The third-order valence-corrected chi connectivity index (χ3v) is 9.71. The molecular formula is C37H44N4O3S. The Labute approximate surface area is 270 Å². The number of piperidine rings is 1. The van der Waals surface area contributed by atoms with E-state index in [0.717, 1.165) is 28.6 Å². The van der Waals surface area contributed by atoms with Gasteiger partial charge >= 0.3 is 0 Å². The van der Waals surface area contributed by atoms with Crippen LogP contribution in [0.3, 0.4) is 0 Å². The Morgan fingerprint density at radius 3 is 2.51 bits per heavy atom. The summed E-state index contributed by atoms with van der Waals surface area (Å²) in [6.07, 6.45) is 5.20. The zero-order chi connectivity index (χ0) is 31.8. The minimum Gasteiger partial charge on any atom is -0.391 e. The average Bonchev–Trinajstić information content (AvgIpc) is 3.03. The standard InChI is InChI=1S/C37H44N4O3S/c1-37(2,3)40-36(44)33-22-30(45-25-27-12-9-18-38-23-27)17-19-41(33)24-35(43)29(20-26-10-5-4-6-11-26)21-34(42)32-16-15-28-13-7-8-14-31(28)39-32/h4-16,18,23,29-30,33,35,43H,17,19-22,24-25H2,1-3H3,(H,40,44)/t29-,30-,33+,35-/m1/s1. The number of rotatable bonds is 12. The van der Waals surface area contributed by atoms with E-state index in [9.17, 15) is 14.7 Å². The minimum atomic E-state index is -0.806. The van der Waals surface area contributed by atoms with E-state index in [2.05, 4.69) is 26.3 Å². The van der Waals surface area contributed by atoms with Gasteiger partial charge in [-0.15, -0.1) is 0 Å². The van der Waals surface area contributed by atoms with Crippen molar-refractivity contribution in [2.45, 2.75) is 75.1 Å². The predicted octanol–water partition coefficient (Wildman–Crippen LogP) is 6.10. The van der Waals surface area contributed by atoms with Gasteiger partial charge < -0.3 is 10.4 Å². The van der Waals surface area contributed by atoms with Gasteiger partial charge in [0.15, 0.2) is 5.78 Å². The highest BCUT2D eigenvalue weighted by molar-refractivity contribution is 7.99. The predicted molar refractivity (Wildman–Crippen MR) is 182 cm³/mol. The molecule has 0 aliphatic carbocycles. The van der Waals surface area contributed by atoms with Crippen LogP contribution in [0.2, 0.25) is 0 Å². The maximum absolute atomic E-state index is 13.6. The number of amides is 1. The number of aliphatic hydroxyl groups excluding tert-OH is 1. The summed E-state index contributed by atoms with van der Waals surface area (Å²) in [4.78, 5) is 38.2. The van der Waals surface area contributed by atoms with Crippen molar-refractivity contribution in [1.29, 1.82) is 0 Å². The molecule has 45 heavy (non-hydrogen) atoms. The Bertz CT molecular complexity index is 1560. The number of ketones is 1. The van der Waals surface area contributed by atoms with Crippen molar-refractivity contribution in [3.63, 3.8) is 0 Å². The molecule has 1 fully saturated rings. The number of fused-ring (bicyclic) bond motifs is 1. The van der Waals surface area contributed by atoms with Crippen LogP contribution in [-0.2, 0) is 17.0 Å². The summed E-state index contributed by atoms with van der Waals surface area (Å²) in [6, 6.07) is 25.1. The molecule has 0 saturated carbocycles. The van der Waals surface area contributed by atoms with E-state index in [4.69, 9.17) is 0 Å². The molecule has 0 bridgehead atoms. The molecule has 1 saturated heterocycles. The molecule has 0 unspecified atom stereocenters. The fourth-order valence-electron chi connectivity index (χ4n) is 5.99. The average molecular weight is 625 g/mol. The van der Waals surface area contributed by atoms with E-state index in [1.165, 1.54) is 5.56 Å². The number of aromatic nitrogens is 2. The second-order valence-corrected chi connectivity index (χ2v) is 14.4. The normalized spacial score (nSPS) is 18.8. The van der Waals surface area contributed by atoms with Crippen LogP contribution in [0.1, 0.15) is 61.6 Å². The number of hydrogen-bond donors (Lipinski definition) is 2. The second-order valence-electron chi connectivity index (χ2n) is 13.1. The summed E-state index contributed by atoms with van der Waals surface area (Å²) in [5.41, 5.74) is 3.05. The number of nitrogens with zero attached hydrogens (tertiary/aromatic N) is 3. The van der Waals surface area contributed by atoms with E-state index in [1.54, 1.807) is 12.3 Å². The number of likely N-dealkylation sites (tertiary alicyclic amines) is 1. The van der Waals surface area contributed by atoms with Crippen LogP contribution in [0.15, 0.2) is 91.3 Å². The molecule has 4 aromatic rings. The quantitative estimate of drug-likeness (QED) is 0.184. The van der Waals surface area contributed by atoms with E-state index in [-0.39, 0.29) is 35.6 Å². The first-order valence-electron chi connectivity index (χ1n) is 15.8. The van der Waals surface area contributed by atoms with Gasteiger partial charge in [-0.25, -0.2) is 4.98 Å². The lowest BCUT2D eigenvalue weighted by atomic mass is 9.87. The number of nitrogens with one attached hydrogen (secondary N) is 1. The van der Waals surface area contributed by atoms with Crippen LogP contribution >= 0.6 is 11.8 Å². The van der Waals surface area contributed by atoms with Crippen LogP contribution in [0.25, 0.3) is 10.9 Å². The van der Waals surface area contributed by atoms with Gasteiger partial charge in [0.1, 0.15) is 5.69 Å². The maximum Gasteiger partial charge on any atom is 0.237 e. The number of pyridine rings is 2. The number of para-hydroxylation sites is 1. The monoisotopic (exact) mass is 624 g/mol. The Kier molecular flexibility index (Phi) is 11.0. The van der Waals surface area contributed by atoms with Crippen molar-refractivity contribution in [3.05, 3.63) is 108 Å². The summed E-state index contributed by atoms with van der Waals surface area (Å²) in [7, 11) is 0. The van der Waals surface area contributed by atoms with Crippen LogP contribution in [0, 0.1) is 5.92 Å². The molecule has 1 aliphatic rings. The molecular weight excluding hydrogens is 580 g/mol. The molecule has 3 heterocycles. The number of hydrogen-bond acceptors (Lipinski definition) is 7. The Morgan fingerprint density at radius 1 is 1.00 bits per heavy atom. The molecule has 1 aliphatic heterocycles. The highest BCUT2D eigenvalue weighted by Crippen LogP contribution is 2.31. The third-order valence-electron chi connectivity index (χ3n) is 8.31. The number of carbonyl (C=O) groups is 2. The number of Topliss-reactive ketones (excluding diaryl/α,β-unsaturated/α-hetero) is 1. The first kappa shape index (κ1) is 32.8. The second kappa shape index (κ2) is 15.1. The lowest BCUT2D eigenvalue weighted by Gasteiger charge is -2.41. The van der Waals surface area contributed by atoms with Crippen molar-refractivity contribution in [3.8, 4) is 0 Å². The van der Waals surface area contributed by atoms with E-state index in [1.807, 2.05) is 105 Å². The van der Waals surface area contributed by atoms with Gasteiger partial charge in [0, 0.05) is 53.8 Å². The number of carbonyl (C=O) groups excluding carboxylic acids is 2. The van der Waals surface area contributed by atoms with Gasteiger partial charge in [0.25, 0.3) is 0 Å². The van der Waals surface area contributed by atoms with Gasteiger partial charge in [-0.2, -0.15) is 11.8 Å². The zero-order valence-electron chi connectivity index (χ0n) is 26.4. The van der Waals surface area contributed by atoms with Gasteiger partial charge in [-0.05, 0) is 75.3 Å². The molecule has 4 atom stereocenters. The number of aliphatic hydroxyl groups is 1. The molecule has 2 aromatic heterocycles. The van der Waals surface area contributed by atoms with Gasteiger partial charge in [-0.1, -0.05) is 60.7 Å². The van der Waals surface area contributed by atoms with Crippen LogP contribution in [0.4, 0.5) is 0 Å². The summed E-state index contributed by atoms with van der Waals surface area (Å²) in [6.45, 7) is 6.98. The maximum atomic E-state index is 13.6. The van der Waals surface area contributed by atoms with Gasteiger partial charge in [0.05, 0.1) is 17.7 Å². The highest BCUT2D eigenvalue weighted by Gasteiger charge is 2.37. The molecule has 0 radical (unpaired) electrons. The Balaban J connectivity index is 1.32. The summed E-state index contributed by atoms with van der Waals surface area (Å²) >= 11 is 1.86. The third kappa shape index (κ3) is 9.45. The van der Waals surface area contributed by atoms with Crippen molar-refractivity contribution in [2.75, 3.05) is 13.1 Å². The Hall–Kier alpha value is -3.59. The van der Waals surface area contributed by atoms with Crippen molar-refractivity contribution in [2.24, 2.45) is 5.92 Å².